The molecule has 4 rings (SSSR count). The van der Waals surface area contributed by atoms with Gasteiger partial charge < -0.3 is 15.7 Å². The number of rotatable bonds is 5. The van der Waals surface area contributed by atoms with Gasteiger partial charge in [-0.3, -0.25) is 14.7 Å². The minimum Gasteiger partial charge on any atom is -0.477 e. The van der Waals surface area contributed by atoms with E-state index >= 15 is 0 Å². The van der Waals surface area contributed by atoms with Gasteiger partial charge in [-0.25, -0.2) is 4.79 Å². The van der Waals surface area contributed by atoms with E-state index in [1.54, 1.807) is 11.8 Å². The molecule has 0 aromatic rings. The Kier molecular flexibility index (Phi) is 5.27. The van der Waals surface area contributed by atoms with Crippen LogP contribution in [0.15, 0.2) is 27.7 Å². The summed E-state index contributed by atoms with van der Waals surface area (Å²) in [5.41, 5.74) is 6.52. The number of nitrogens with two attached hydrogens (primary N) is 1. The van der Waals surface area contributed by atoms with Crippen LogP contribution in [0, 0.1) is 5.92 Å². The third-order valence-corrected chi connectivity index (χ3v) is 8.08. The molecule has 4 aliphatic heterocycles. The van der Waals surface area contributed by atoms with Crippen molar-refractivity contribution >= 4 is 52.3 Å². The second kappa shape index (κ2) is 7.49. The molecule has 0 aromatic carbocycles. The van der Waals surface area contributed by atoms with Gasteiger partial charge in [0, 0.05) is 36.3 Å². The van der Waals surface area contributed by atoms with Crippen molar-refractivity contribution in [3.05, 3.63) is 22.8 Å². The van der Waals surface area contributed by atoms with Crippen LogP contribution in [-0.4, -0.2) is 80.3 Å². The normalized spacial score (nSPS) is 29.0. The summed E-state index contributed by atoms with van der Waals surface area (Å²) in [4.78, 5) is 31.7. The topological polar surface area (TPSA) is 99.2 Å². The number of amidine groups is 1. The average molecular weight is 413 g/mol. The smallest absolute Gasteiger partial charge is 0.352 e. The fourth-order valence-corrected chi connectivity index (χ4v) is 6.34. The Balaban J connectivity index is 1.30. The molecule has 2 atom stereocenters. The summed E-state index contributed by atoms with van der Waals surface area (Å²) in [5.74, 6) is 1.93. The molecule has 0 aromatic heterocycles. The van der Waals surface area contributed by atoms with Crippen LogP contribution in [-0.2, 0) is 9.59 Å². The zero-order chi connectivity index (χ0) is 18.3. The molecule has 26 heavy (non-hydrogen) atoms. The van der Waals surface area contributed by atoms with Crippen LogP contribution in [0.25, 0.3) is 0 Å². The maximum absolute atomic E-state index is 11.9. The summed E-state index contributed by atoms with van der Waals surface area (Å²) in [5, 5.41) is 12.4. The van der Waals surface area contributed by atoms with Crippen LogP contribution in [0.1, 0.15) is 0 Å². The molecule has 7 nitrogen and oxygen atoms in total. The molecule has 140 valence electrons. The van der Waals surface area contributed by atoms with Crippen molar-refractivity contribution in [1.29, 1.82) is 0 Å². The molecule has 0 saturated carbocycles. The van der Waals surface area contributed by atoms with E-state index in [0.717, 1.165) is 31.1 Å². The van der Waals surface area contributed by atoms with Crippen molar-refractivity contribution < 1.29 is 14.7 Å². The summed E-state index contributed by atoms with van der Waals surface area (Å²) in [6.45, 7) is 3.03. The average Bonchev–Trinajstić information content (AvgIpc) is 3.12. The molecule has 2 saturated heterocycles. The largest absolute Gasteiger partial charge is 0.477 e. The number of carboxylic acid groups (broad SMARTS) is 1. The SMILES string of the molecule is N[C@@H]1C(=O)N2C(C(=O)O)=C(C=CSCC3CN(C4=NCCS4)C3)CS[C@H]12. The summed E-state index contributed by atoms with van der Waals surface area (Å²) in [7, 11) is 0. The number of carboxylic acids is 1. The molecule has 4 aliphatic rings. The predicted octanol–water partition coefficient (Wildman–Crippen LogP) is 0.849. The number of amides is 1. The summed E-state index contributed by atoms with van der Waals surface area (Å²) in [6.07, 6.45) is 1.84. The van der Waals surface area contributed by atoms with Crippen LogP contribution in [0.3, 0.4) is 0 Å². The molecule has 2 fully saturated rings. The van der Waals surface area contributed by atoms with Gasteiger partial charge >= 0.3 is 5.97 Å². The zero-order valence-corrected chi connectivity index (χ0v) is 16.5. The van der Waals surface area contributed by atoms with Gasteiger partial charge in [-0.1, -0.05) is 11.8 Å². The highest BCUT2D eigenvalue weighted by atomic mass is 32.2. The summed E-state index contributed by atoms with van der Waals surface area (Å²) >= 11 is 5.05. The Hall–Kier alpha value is -1.10. The Morgan fingerprint density at radius 2 is 2.27 bits per heavy atom. The molecule has 0 radical (unpaired) electrons. The Morgan fingerprint density at radius 1 is 1.46 bits per heavy atom. The number of allylic oxidation sites excluding steroid dienone is 1. The van der Waals surface area contributed by atoms with Crippen molar-refractivity contribution in [2.75, 3.05) is 36.9 Å². The van der Waals surface area contributed by atoms with Crippen LogP contribution in [0.2, 0.25) is 0 Å². The third-order valence-electron chi connectivity index (χ3n) is 4.74. The zero-order valence-electron chi connectivity index (χ0n) is 14.0. The molecule has 4 heterocycles. The van der Waals surface area contributed by atoms with Crippen LogP contribution in [0.5, 0.6) is 0 Å². The van der Waals surface area contributed by atoms with Gasteiger partial charge in [-0.2, -0.15) is 0 Å². The van der Waals surface area contributed by atoms with Gasteiger partial charge in [-0.05, 0) is 17.1 Å². The molecular formula is C16H20N4O3S3. The molecule has 0 spiro atoms. The first-order valence-electron chi connectivity index (χ1n) is 8.43. The van der Waals surface area contributed by atoms with E-state index in [2.05, 4.69) is 9.89 Å². The lowest BCUT2D eigenvalue weighted by Gasteiger charge is -2.47. The molecule has 0 unspecified atom stereocenters. The predicted molar refractivity (Wildman–Crippen MR) is 107 cm³/mol. The van der Waals surface area contributed by atoms with E-state index in [1.807, 2.05) is 23.2 Å². The number of hydrogen-bond donors (Lipinski definition) is 2. The van der Waals surface area contributed by atoms with Gasteiger partial charge in [-0.15, -0.1) is 23.5 Å². The summed E-state index contributed by atoms with van der Waals surface area (Å²) < 4.78 is 0. The number of likely N-dealkylation sites (tertiary alicyclic amines) is 1. The van der Waals surface area contributed by atoms with Crippen LogP contribution in [0.4, 0.5) is 0 Å². The first-order valence-corrected chi connectivity index (χ1v) is 11.5. The highest BCUT2D eigenvalue weighted by molar-refractivity contribution is 8.14. The van der Waals surface area contributed by atoms with E-state index in [4.69, 9.17) is 5.73 Å². The monoisotopic (exact) mass is 412 g/mol. The molecule has 0 aliphatic carbocycles. The van der Waals surface area contributed by atoms with Gasteiger partial charge in [0.1, 0.15) is 17.1 Å². The fraction of sp³-hybridized carbons (Fsp3) is 0.562. The quantitative estimate of drug-likeness (QED) is 0.641. The van der Waals surface area contributed by atoms with Gasteiger partial charge in [0.05, 0.1) is 6.54 Å². The number of carbonyl (C=O) groups is 2. The van der Waals surface area contributed by atoms with E-state index in [0.29, 0.717) is 17.2 Å². The Morgan fingerprint density at radius 3 is 2.96 bits per heavy atom. The molecule has 1 amide bonds. The van der Waals surface area contributed by atoms with Crippen molar-refractivity contribution in [2.45, 2.75) is 11.4 Å². The molecule has 0 bridgehead atoms. The maximum Gasteiger partial charge on any atom is 0.352 e. The number of thioether (sulfide) groups is 3. The molecular weight excluding hydrogens is 392 g/mol. The molecule has 3 N–H and O–H groups in total. The lowest BCUT2D eigenvalue weighted by molar-refractivity contribution is -0.147. The van der Waals surface area contributed by atoms with Gasteiger partial charge in [0.15, 0.2) is 5.17 Å². The number of carbonyl (C=O) groups excluding carboxylic acids is 1. The van der Waals surface area contributed by atoms with Gasteiger partial charge in [0.2, 0.25) is 5.91 Å². The standard InChI is InChI=1S/C16H20N4O3S3/c17-11-13(21)20-12(15(22)23)10(8-26-14(11)20)1-3-24-7-9-5-19(6-9)16-18-2-4-25-16/h1,3,9,11,14H,2,4-8,17H2,(H,22,23)/t11-,14-/m1/s1. The van der Waals surface area contributed by atoms with Crippen LogP contribution >= 0.6 is 35.3 Å². The number of fused-ring (bicyclic) bond motifs is 1. The first kappa shape index (κ1) is 18.3. The minimum atomic E-state index is -1.07. The lowest BCUT2D eigenvalue weighted by atomic mass is 10.0. The highest BCUT2D eigenvalue weighted by Crippen LogP contribution is 2.40. The van der Waals surface area contributed by atoms with Crippen molar-refractivity contribution in [2.24, 2.45) is 16.6 Å². The number of hydrogen-bond acceptors (Lipinski definition) is 8. The van der Waals surface area contributed by atoms with E-state index in [9.17, 15) is 14.7 Å². The second-order valence-corrected chi connectivity index (χ2v) is 9.64. The first-order chi connectivity index (χ1) is 12.6. The number of aliphatic imine (C=N–C) groups is 1. The third kappa shape index (κ3) is 3.28. The van der Waals surface area contributed by atoms with E-state index < -0.39 is 12.0 Å². The fourth-order valence-electron chi connectivity index (χ4n) is 3.34. The Labute approximate surface area is 164 Å². The maximum atomic E-state index is 11.9. The minimum absolute atomic E-state index is 0.0865. The summed E-state index contributed by atoms with van der Waals surface area (Å²) in [6, 6.07) is -0.585. The van der Waals surface area contributed by atoms with E-state index in [1.165, 1.54) is 21.8 Å². The number of aliphatic carboxylic acids is 1. The van der Waals surface area contributed by atoms with Crippen LogP contribution < -0.4 is 5.73 Å². The molecule has 10 heteroatoms. The van der Waals surface area contributed by atoms with Gasteiger partial charge in [0.25, 0.3) is 0 Å². The van der Waals surface area contributed by atoms with E-state index in [-0.39, 0.29) is 17.0 Å². The number of β-lactam (4-membered cyclic amide) rings is 1. The van der Waals surface area contributed by atoms with Crippen molar-refractivity contribution in [3.63, 3.8) is 0 Å². The second-order valence-electron chi connectivity index (χ2n) is 6.53. The highest BCUT2D eigenvalue weighted by Gasteiger charge is 2.51. The van der Waals surface area contributed by atoms with Crippen molar-refractivity contribution in [1.82, 2.24) is 9.80 Å². The number of nitrogens with zero attached hydrogens (tertiary/aromatic N) is 3. The Bertz CT molecular complexity index is 718. The van der Waals surface area contributed by atoms with Crippen molar-refractivity contribution in [3.8, 4) is 0 Å². The lowest BCUT2D eigenvalue weighted by Crippen LogP contribution is -2.68.